The number of rotatable bonds is 20. The van der Waals surface area contributed by atoms with E-state index < -0.39 is 5.97 Å². The molecule has 0 aliphatic carbocycles. The standard InChI is InChI=1S/C22H42O5/c1-5-21(23)24-20-18-16-14-12-10-9-11-13-15-17-19-22(25-6-2,26-7-3)27-8-4/h5H,1,6-20H2,2-4H3. The van der Waals surface area contributed by atoms with Crippen molar-refractivity contribution in [3.63, 3.8) is 0 Å². The maximum absolute atomic E-state index is 10.9. The Morgan fingerprint density at radius 1 is 0.741 bits per heavy atom. The molecule has 0 spiro atoms. The molecule has 0 aliphatic rings. The van der Waals surface area contributed by atoms with Crippen LogP contribution in [0, 0.1) is 0 Å². The van der Waals surface area contributed by atoms with E-state index >= 15 is 0 Å². The Morgan fingerprint density at radius 3 is 1.56 bits per heavy atom. The fraction of sp³-hybridized carbons (Fsp3) is 0.864. The van der Waals surface area contributed by atoms with Gasteiger partial charge in [0.25, 0.3) is 5.97 Å². The zero-order chi connectivity index (χ0) is 20.2. The van der Waals surface area contributed by atoms with E-state index in [0.29, 0.717) is 26.4 Å². The normalized spacial score (nSPS) is 11.5. The molecule has 0 aromatic carbocycles. The van der Waals surface area contributed by atoms with Gasteiger partial charge in [0.05, 0.1) is 6.61 Å². The second-order valence-electron chi connectivity index (χ2n) is 6.64. The third kappa shape index (κ3) is 14.8. The third-order valence-corrected chi connectivity index (χ3v) is 4.38. The van der Waals surface area contributed by atoms with Gasteiger partial charge in [0, 0.05) is 32.3 Å². The van der Waals surface area contributed by atoms with Crippen molar-refractivity contribution < 1.29 is 23.7 Å². The minimum absolute atomic E-state index is 0.323. The quantitative estimate of drug-likeness (QED) is 0.115. The molecule has 0 N–H and O–H groups in total. The summed E-state index contributed by atoms with van der Waals surface area (Å²) < 4.78 is 22.2. The van der Waals surface area contributed by atoms with E-state index in [1.165, 1.54) is 51.0 Å². The molecule has 0 amide bonds. The van der Waals surface area contributed by atoms with E-state index in [2.05, 4.69) is 6.58 Å². The Bertz CT molecular complexity index is 340. The molecule has 0 fully saturated rings. The third-order valence-electron chi connectivity index (χ3n) is 4.38. The number of hydrogen-bond donors (Lipinski definition) is 0. The van der Waals surface area contributed by atoms with Crippen molar-refractivity contribution in [2.75, 3.05) is 26.4 Å². The first-order valence-corrected chi connectivity index (χ1v) is 10.8. The number of ether oxygens (including phenoxy) is 4. The number of hydrogen-bond acceptors (Lipinski definition) is 5. The molecule has 0 rings (SSSR count). The van der Waals surface area contributed by atoms with Crippen LogP contribution >= 0.6 is 0 Å². The summed E-state index contributed by atoms with van der Waals surface area (Å²) in [6.07, 6.45) is 13.9. The van der Waals surface area contributed by atoms with Gasteiger partial charge < -0.3 is 18.9 Å². The predicted octanol–water partition coefficient (Wildman–Crippen LogP) is 5.77. The zero-order valence-electron chi connectivity index (χ0n) is 17.9. The van der Waals surface area contributed by atoms with Crippen LogP contribution in [0.4, 0.5) is 0 Å². The smallest absolute Gasteiger partial charge is 0.330 e. The van der Waals surface area contributed by atoms with Gasteiger partial charge in [-0.05, 0) is 33.6 Å². The minimum atomic E-state index is -0.849. The molecule has 5 nitrogen and oxygen atoms in total. The molecule has 160 valence electrons. The van der Waals surface area contributed by atoms with Crippen LogP contribution in [-0.4, -0.2) is 38.4 Å². The van der Waals surface area contributed by atoms with Crippen molar-refractivity contribution >= 4 is 5.97 Å². The molecule has 0 aromatic rings. The molecule has 0 heterocycles. The molecule has 5 heteroatoms. The second-order valence-corrected chi connectivity index (χ2v) is 6.64. The summed E-state index contributed by atoms with van der Waals surface area (Å²) in [5.41, 5.74) is 0. The molecule has 0 bridgehead atoms. The predicted molar refractivity (Wildman–Crippen MR) is 110 cm³/mol. The average molecular weight is 387 g/mol. The summed E-state index contributed by atoms with van der Waals surface area (Å²) in [4.78, 5) is 10.9. The van der Waals surface area contributed by atoms with Gasteiger partial charge in [0.1, 0.15) is 0 Å². The number of carbonyl (C=O) groups excluding carboxylic acids is 1. The molecule has 0 unspecified atom stereocenters. The number of unbranched alkanes of at least 4 members (excludes halogenated alkanes) is 9. The maximum atomic E-state index is 10.9. The van der Waals surface area contributed by atoms with Crippen LogP contribution in [0.15, 0.2) is 12.7 Å². The SMILES string of the molecule is C=CC(=O)OCCCCCCCCCCCCC(OCC)(OCC)OCC. The molecular weight excluding hydrogens is 344 g/mol. The Kier molecular flexibility index (Phi) is 17.8. The van der Waals surface area contributed by atoms with Gasteiger partial charge in [-0.25, -0.2) is 4.79 Å². The van der Waals surface area contributed by atoms with Crippen LogP contribution in [0.5, 0.6) is 0 Å². The Labute approximate surface area is 166 Å². The summed E-state index contributed by atoms with van der Waals surface area (Å²) >= 11 is 0. The lowest BCUT2D eigenvalue weighted by atomic mass is 10.1. The molecule has 0 radical (unpaired) electrons. The van der Waals surface area contributed by atoms with Gasteiger partial charge in [-0.1, -0.05) is 57.9 Å². The van der Waals surface area contributed by atoms with E-state index in [-0.39, 0.29) is 5.97 Å². The van der Waals surface area contributed by atoms with Crippen molar-refractivity contribution in [1.29, 1.82) is 0 Å². The van der Waals surface area contributed by atoms with Gasteiger partial charge in [0.15, 0.2) is 0 Å². The monoisotopic (exact) mass is 386 g/mol. The summed E-state index contributed by atoms with van der Waals surface area (Å²) in [5.74, 6) is -1.17. The van der Waals surface area contributed by atoms with Crippen LogP contribution in [0.25, 0.3) is 0 Å². The number of esters is 1. The average Bonchev–Trinajstić information content (AvgIpc) is 2.66. The van der Waals surface area contributed by atoms with Crippen molar-refractivity contribution in [3.8, 4) is 0 Å². The molecule has 0 aromatic heterocycles. The molecule has 0 aliphatic heterocycles. The Hall–Kier alpha value is -0.910. The van der Waals surface area contributed by atoms with Crippen molar-refractivity contribution in [1.82, 2.24) is 0 Å². The van der Waals surface area contributed by atoms with E-state index in [4.69, 9.17) is 18.9 Å². The zero-order valence-corrected chi connectivity index (χ0v) is 17.9. The van der Waals surface area contributed by atoms with Gasteiger partial charge in [-0.15, -0.1) is 0 Å². The minimum Gasteiger partial charge on any atom is -0.463 e. The van der Waals surface area contributed by atoms with E-state index in [1.54, 1.807) is 0 Å². The van der Waals surface area contributed by atoms with Gasteiger partial charge in [-0.2, -0.15) is 0 Å². The highest BCUT2D eigenvalue weighted by molar-refractivity contribution is 5.81. The van der Waals surface area contributed by atoms with Crippen LogP contribution < -0.4 is 0 Å². The fourth-order valence-electron chi connectivity index (χ4n) is 3.09. The lowest BCUT2D eigenvalue weighted by Crippen LogP contribution is -2.39. The summed E-state index contributed by atoms with van der Waals surface area (Å²) in [5, 5.41) is 0. The maximum Gasteiger partial charge on any atom is 0.330 e. The van der Waals surface area contributed by atoms with Crippen LogP contribution in [0.1, 0.15) is 91.4 Å². The first-order chi connectivity index (χ1) is 13.1. The molecule has 0 saturated carbocycles. The van der Waals surface area contributed by atoms with Crippen molar-refractivity contribution in [3.05, 3.63) is 12.7 Å². The van der Waals surface area contributed by atoms with Crippen LogP contribution in [-0.2, 0) is 23.7 Å². The molecule has 27 heavy (non-hydrogen) atoms. The summed E-state index contributed by atoms with van der Waals surface area (Å²) in [7, 11) is 0. The summed E-state index contributed by atoms with van der Waals surface area (Å²) in [6, 6.07) is 0. The lowest BCUT2D eigenvalue weighted by Gasteiger charge is -2.32. The number of carbonyl (C=O) groups is 1. The first-order valence-electron chi connectivity index (χ1n) is 10.8. The fourth-order valence-corrected chi connectivity index (χ4v) is 3.09. The summed E-state index contributed by atoms with van der Waals surface area (Å²) in [6.45, 7) is 11.6. The van der Waals surface area contributed by atoms with E-state index in [0.717, 1.165) is 25.7 Å². The van der Waals surface area contributed by atoms with Crippen molar-refractivity contribution in [2.45, 2.75) is 97.4 Å². The van der Waals surface area contributed by atoms with Gasteiger partial charge >= 0.3 is 5.97 Å². The molecule has 0 atom stereocenters. The highest BCUT2D eigenvalue weighted by Crippen LogP contribution is 2.24. The van der Waals surface area contributed by atoms with Gasteiger partial charge in [-0.3, -0.25) is 0 Å². The van der Waals surface area contributed by atoms with Crippen LogP contribution in [0.3, 0.4) is 0 Å². The lowest BCUT2D eigenvalue weighted by molar-refractivity contribution is -0.380. The highest BCUT2D eigenvalue weighted by atomic mass is 16.9. The largest absolute Gasteiger partial charge is 0.463 e. The first kappa shape index (κ1) is 26.1. The molecule has 0 saturated heterocycles. The molecular formula is C22H42O5. The van der Waals surface area contributed by atoms with E-state index in [9.17, 15) is 4.79 Å². The topological polar surface area (TPSA) is 54.0 Å². The van der Waals surface area contributed by atoms with Gasteiger partial charge in [0.2, 0.25) is 0 Å². The Morgan fingerprint density at radius 2 is 1.15 bits per heavy atom. The Balaban J connectivity index is 3.56. The van der Waals surface area contributed by atoms with E-state index in [1.807, 2.05) is 20.8 Å². The highest BCUT2D eigenvalue weighted by Gasteiger charge is 2.31. The second kappa shape index (κ2) is 18.5. The van der Waals surface area contributed by atoms with Crippen molar-refractivity contribution in [2.24, 2.45) is 0 Å². The van der Waals surface area contributed by atoms with Crippen LogP contribution in [0.2, 0.25) is 0 Å².